The summed E-state index contributed by atoms with van der Waals surface area (Å²) in [5, 5.41) is 13.8. The van der Waals surface area contributed by atoms with Crippen molar-refractivity contribution in [1.29, 1.82) is 0 Å². The number of dihydropyridines is 1. The number of benzene rings is 1. The number of esters is 1. The van der Waals surface area contributed by atoms with Gasteiger partial charge in [0.2, 0.25) is 5.75 Å². The Morgan fingerprint density at radius 2 is 1.70 bits per heavy atom. The third-order valence-electron chi connectivity index (χ3n) is 6.87. The van der Waals surface area contributed by atoms with Gasteiger partial charge in [-0.3, -0.25) is 4.79 Å². The topological polar surface area (TPSA) is 94.1 Å². The lowest BCUT2D eigenvalue weighted by Crippen LogP contribution is -2.39. The molecule has 2 aliphatic carbocycles. The highest BCUT2D eigenvalue weighted by Gasteiger charge is 2.44. The number of rotatable bonds is 5. The highest BCUT2D eigenvalue weighted by Crippen LogP contribution is 2.49. The van der Waals surface area contributed by atoms with Crippen LogP contribution >= 0.6 is 0 Å². The van der Waals surface area contributed by atoms with Crippen LogP contribution in [0, 0.1) is 5.41 Å². The normalized spacial score (nSPS) is 22.7. The van der Waals surface area contributed by atoms with E-state index in [1.54, 1.807) is 12.1 Å². The third kappa shape index (κ3) is 4.33. The second-order valence-corrected chi connectivity index (χ2v) is 10.0. The highest BCUT2D eigenvalue weighted by molar-refractivity contribution is 6.04. The monoisotopic (exact) mass is 455 g/mol. The lowest BCUT2D eigenvalue weighted by molar-refractivity contribution is -0.144. The first kappa shape index (κ1) is 23.2. The van der Waals surface area contributed by atoms with Crippen LogP contribution in [-0.2, 0) is 14.3 Å². The largest absolute Gasteiger partial charge is 0.502 e. The number of hydrogen-bond acceptors (Lipinski definition) is 7. The Kier molecular flexibility index (Phi) is 6.16. The van der Waals surface area contributed by atoms with Crippen LogP contribution in [0.3, 0.4) is 0 Å². The Morgan fingerprint density at radius 3 is 2.27 bits per heavy atom. The minimum absolute atomic E-state index is 0.00317. The van der Waals surface area contributed by atoms with E-state index in [1.807, 2.05) is 6.92 Å². The molecule has 4 rings (SSSR count). The van der Waals surface area contributed by atoms with Gasteiger partial charge in [-0.25, -0.2) is 4.79 Å². The van der Waals surface area contributed by atoms with Crippen molar-refractivity contribution in [3.05, 3.63) is 40.2 Å². The van der Waals surface area contributed by atoms with Crippen molar-refractivity contribution in [1.82, 2.24) is 5.32 Å². The fraction of sp³-hybridized carbons (Fsp3) is 0.538. The van der Waals surface area contributed by atoms with E-state index < -0.39 is 11.9 Å². The maximum atomic E-state index is 13.5. The van der Waals surface area contributed by atoms with Gasteiger partial charge in [0.15, 0.2) is 17.3 Å². The fourth-order valence-electron chi connectivity index (χ4n) is 5.34. The number of Topliss-reactive ketones (excluding diaryl/α,β-unsaturated/α-hetero) is 1. The molecule has 33 heavy (non-hydrogen) atoms. The van der Waals surface area contributed by atoms with E-state index in [4.69, 9.17) is 14.2 Å². The van der Waals surface area contributed by atoms with Gasteiger partial charge in [0, 0.05) is 29.3 Å². The van der Waals surface area contributed by atoms with Crippen molar-refractivity contribution >= 4 is 11.8 Å². The van der Waals surface area contributed by atoms with E-state index in [9.17, 15) is 14.7 Å². The fourth-order valence-corrected chi connectivity index (χ4v) is 5.34. The van der Waals surface area contributed by atoms with Crippen LogP contribution in [0.5, 0.6) is 17.2 Å². The first-order valence-electron chi connectivity index (χ1n) is 11.5. The standard InChI is InChI=1S/C26H33NO6/c1-14-21(25(30)33-16-8-6-7-9-16)22(15-10-19(31-4)24(29)20(11-15)32-5)23-17(27-14)12-26(2,3)13-18(23)28/h10-11,16,22,27,29H,6-9,12-13H2,1-5H3. The average Bonchev–Trinajstić information content (AvgIpc) is 3.24. The SMILES string of the molecule is COc1cc(C2C(C(=O)OC3CCCC3)=C(C)NC3=C2C(=O)CC(C)(C)C3)cc(OC)c1O. The number of phenols is 1. The molecule has 7 nitrogen and oxygen atoms in total. The molecule has 0 radical (unpaired) electrons. The van der Waals surface area contributed by atoms with E-state index in [0.717, 1.165) is 31.4 Å². The molecule has 0 spiro atoms. The predicted octanol–water partition coefficient (Wildman–Crippen LogP) is 4.50. The number of ketones is 1. The molecule has 1 fully saturated rings. The first-order valence-corrected chi connectivity index (χ1v) is 11.5. The van der Waals surface area contributed by atoms with Gasteiger partial charge in [-0.05, 0) is 62.1 Å². The summed E-state index contributed by atoms with van der Waals surface area (Å²) in [5.41, 5.74) is 2.97. The molecule has 1 saturated carbocycles. The number of phenolic OH excluding ortho intramolecular Hbond substituents is 1. The Morgan fingerprint density at radius 1 is 1.09 bits per heavy atom. The number of nitrogens with one attached hydrogen (secondary N) is 1. The Balaban J connectivity index is 1.86. The van der Waals surface area contributed by atoms with E-state index >= 15 is 0 Å². The maximum absolute atomic E-state index is 13.5. The van der Waals surface area contributed by atoms with Gasteiger partial charge >= 0.3 is 5.97 Å². The molecule has 1 aromatic carbocycles. The quantitative estimate of drug-likeness (QED) is 0.632. The van der Waals surface area contributed by atoms with E-state index in [2.05, 4.69) is 19.2 Å². The van der Waals surface area contributed by atoms with Crippen LogP contribution in [0.15, 0.2) is 34.7 Å². The molecule has 0 amide bonds. The number of hydrogen-bond donors (Lipinski definition) is 2. The zero-order chi connectivity index (χ0) is 23.9. The van der Waals surface area contributed by atoms with Crippen molar-refractivity contribution < 1.29 is 28.9 Å². The van der Waals surface area contributed by atoms with Gasteiger partial charge in [-0.2, -0.15) is 0 Å². The lowest BCUT2D eigenvalue weighted by Gasteiger charge is -2.39. The molecular weight excluding hydrogens is 422 g/mol. The molecule has 1 aliphatic heterocycles. The number of carbonyl (C=O) groups excluding carboxylic acids is 2. The molecule has 0 bridgehead atoms. The molecule has 0 saturated heterocycles. The van der Waals surface area contributed by atoms with Crippen LogP contribution in [0.1, 0.15) is 70.8 Å². The second kappa shape index (κ2) is 8.76. The molecule has 0 aromatic heterocycles. The van der Waals surface area contributed by atoms with E-state index in [1.165, 1.54) is 14.2 Å². The lowest BCUT2D eigenvalue weighted by atomic mass is 9.68. The number of carbonyl (C=O) groups is 2. The van der Waals surface area contributed by atoms with Crippen LogP contribution < -0.4 is 14.8 Å². The number of methoxy groups -OCH3 is 2. The highest BCUT2D eigenvalue weighted by atomic mass is 16.5. The van der Waals surface area contributed by atoms with Gasteiger partial charge in [0.05, 0.1) is 19.8 Å². The van der Waals surface area contributed by atoms with Crippen LogP contribution in [0.25, 0.3) is 0 Å². The summed E-state index contributed by atoms with van der Waals surface area (Å²) in [6.07, 6.45) is 4.80. The smallest absolute Gasteiger partial charge is 0.337 e. The van der Waals surface area contributed by atoms with Gasteiger partial charge in [-0.1, -0.05) is 13.8 Å². The first-order chi connectivity index (χ1) is 15.6. The van der Waals surface area contributed by atoms with Crippen molar-refractivity contribution in [2.24, 2.45) is 5.41 Å². The molecule has 1 aromatic rings. The molecule has 3 aliphatic rings. The number of allylic oxidation sites excluding steroid dienone is 3. The molecule has 1 heterocycles. The van der Waals surface area contributed by atoms with E-state index in [-0.39, 0.29) is 34.6 Å². The van der Waals surface area contributed by atoms with Crippen molar-refractivity contribution in [2.45, 2.75) is 71.3 Å². The van der Waals surface area contributed by atoms with Crippen molar-refractivity contribution in [3.63, 3.8) is 0 Å². The van der Waals surface area contributed by atoms with Gasteiger partial charge in [-0.15, -0.1) is 0 Å². The molecule has 2 N–H and O–H groups in total. The maximum Gasteiger partial charge on any atom is 0.337 e. The van der Waals surface area contributed by atoms with Gasteiger partial charge in [0.25, 0.3) is 0 Å². The minimum atomic E-state index is -0.637. The second-order valence-electron chi connectivity index (χ2n) is 10.0. The van der Waals surface area contributed by atoms with E-state index in [0.29, 0.717) is 35.2 Å². The molecule has 1 atom stereocenters. The number of aromatic hydroxyl groups is 1. The zero-order valence-corrected chi connectivity index (χ0v) is 20.0. The Bertz CT molecular complexity index is 1020. The van der Waals surface area contributed by atoms with Crippen LogP contribution in [0.2, 0.25) is 0 Å². The molecule has 7 heteroatoms. The Hall–Kier alpha value is -2.96. The van der Waals surface area contributed by atoms with Crippen molar-refractivity contribution in [3.8, 4) is 17.2 Å². The average molecular weight is 456 g/mol. The van der Waals surface area contributed by atoms with Gasteiger partial charge in [0.1, 0.15) is 6.10 Å². The predicted molar refractivity (Wildman–Crippen MR) is 123 cm³/mol. The Labute approximate surface area is 194 Å². The van der Waals surface area contributed by atoms with Crippen molar-refractivity contribution in [2.75, 3.05) is 14.2 Å². The molecular formula is C26H33NO6. The summed E-state index contributed by atoms with van der Waals surface area (Å²) >= 11 is 0. The third-order valence-corrected chi connectivity index (χ3v) is 6.87. The molecule has 1 unspecified atom stereocenters. The summed E-state index contributed by atoms with van der Waals surface area (Å²) in [7, 11) is 2.91. The number of ether oxygens (including phenoxy) is 3. The van der Waals surface area contributed by atoms with Crippen LogP contribution in [-0.4, -0.2) is 37.2 Å². The summed E-state index contributed by atoms with van der Waals surface area (Å²) < 4.78 is 16.6. The zero-order valence-electron chi connectivity index (χ0n) is 20.0. The summed E-state index contributed by atoms with van der Waals surface area (Å²) in [4.78, 5) is 26.9. The van der Waals surface area contributed by atoms with Gasteiger partial charge < -0.3 is 24.6 Å². The summed E-state index contributed by atoms with van der Waals surface area (Å²) in [6, 6.07) is 3.34. The summed E-state index contributed by atoms with van der Waals surface area (Å²) in [5.74, 6) is -0.735. The summed E-state index contributed by atoms with van der Waals surface area (Å²) in [6.45, 7) is 5.99. The molecule has 178 valence electrons. The minimum Gasteiger partial charge on any atom is -0.502 e. The van der Waals surface area contributed by atoms with Crippen LogP contribution in [0.4, 0.5) is 0 Å².